The molecule has 1 rings (SSSR count). The van der Waals surface area contributed by atoms with Gasteiger partial charge in [-0.25, -0.2) is 0 Å². The number of methoxy groups -OCH3 is 1. The van der Waals surface area contributed by atoms with Gasteiger partial charge >= 0.3 is 5.97 Å². The molecular formula is C15H22ClNO4. The van der Waals surface area contributed by atoms with Crippen molar-refractivity contribution in [3.05, 3.63) is 11.3 Å². The molecule has 1 atom stereocenters. The fourth-order valence-electron chi connectivity index (χ4n) is 2.79. The van der Waals surface area contributed by atoms with Crippen molar-refractivity contribution in [2.45, 2.75) is 45.4 Å². The van der Waals surface area contributed by atoms with E-state index in [0.717, 1.165) is 6.42 Å². The van der Waals surface area contributed by atoms with Gasteiger partial charge in [0.05, 0.1) is 18.1 Å². The number of hydrogen-bond acceptors (Lipinski definition) is 5. The fraction of sp³-hybridized carbons (Fsp3) is 0.667. The zero-order valence-corrected chi connectivity index (χ0v) is 13.3. The molecule has 1 unspecified atom stereocenters. The molecular weight excluding hydrogens is 294 g/mol. The molecule has 2 N–H and O–H groups in total. The summed E-state index contributed by atoms with van der Waals surface area (Å²) in [5.74, 6) is -0.675. The van der Waals surface area contributed by atoms with E-state index in [9.17, 15) is 14.7 Å². The SMILES string of the molecule is CCCC(=N)C1=C(O)CC(CCCCl)(C(=O)OC)CC1=O. The lowest BCUT2D eigenvalue weighted by Crippen LogP contribution is -2.40. The Kier molecular flexibility index (Phi) is 6.40. The molecule has 5 nitrogen and oxygen atoms in total. The zero-order valence-electron chi connectivity index (χ0n) is 12.5. The summed E-state index contributed by atoms with van der Waals surface area (Å²) < 4.78 is 4.81. The molecule has 0 saturated heterocycles. The third kappa shape index (κ3) is 3.84. The second kappa shape index (κ2) is 7.59. The molecule has 1 aliphatic rings. The highest BCUT2D eigenvalue weighted by Crippen LogP contribution is 2.42. The van der Waals surface area contributed by atoms with E-state index >= 15 is 0 Å². The van der Waals surface area contributed by atoms with Crippen LogP contribution >= 0.6 is 11.6 Å². The molecule has 0 saturated carbocycles. The predicted molar refractivity (Wildman–Crippen MR) is 80.9 cm³/mol. The van der Waals surface area contributed by atoms with Crippen LogP contribution in [0.15, 0.2) is 11.3 Å². The first kappa shape index (κ1) is 17.7. The van der Waals surface area contributed by atoms with Crippen LogP contribution in [0.5, 0.6) is 0 Å². The maximum atomic E-state index is 12.3. The van der Waals surface area contributed by atoms with Crippen LogP contribution < -0.4 is 0 Å². The maximum absolute atomic E-state index is 12.3. The average Bonchev–Trinajstić information content (AvgIpc) is 2.43. The van der Waals surface area contributed by atoms with Crippen molar-refractivity contribution in [3.63, 3.8) is 0 Å². The third-order valence-corrected chi connectivity index (χ3v) is 4.05. The van der Waals surface area contributed by atoms with E-state index < -0.39 is 11.4 Å². The maximum Gasteiger partial charge on any atom is 0.312 e. The van der Waals surface area contributed by atoms with Gasteiger partial charge in [-0.3, -0.25) is 9.59 Å². The van der Waals surface area contributed by atoms with Crippen molar-refractivity contribution in [3.8, 4) is 0 Å². The highest BCUT2D eigenvalue weighted by molar-refractivity contribution is 6.22. The number of aliphatic hydroxyl groups excluding tert-OH is 1. The van der Waals surface area contributed by atoms with Gasteiger partial charge in [0.25, 0.3) is 0 Å². The first-order valence-electron chi connectivity index (χ1n) is 7.09. The Labute approximate surface area is 129 Å². The van der Waals surface area contributed by atoms with Gasteiger partial charge in [-0.15, -0.1) is 11.6 Å². The Morgan fingerprint density at radius 2 is 2.14 bits per heavy atom. The van der Waals surface area contributed by atoms with Gasteiger partial charge in [0.2, 0.25) is 0 Å². The number of esters is 1. The van der Waals surface area contributed by atoms with E-state index in [0.29, 0.717) is 25.1 Å². The minimum Gasteiger partial charge on any atom is -0.511 e. The molecule has 0 aromatic heterocycles. The summed E-state index contributed by atoms with van der Waals surface area (Å²) in [5.41, 5.74) is -0.848. The standard InChI is InChI=1S/C15H22ClNO4/c1-3-5-10(17)13-11(18)8-15(6-4-7-16,9-12(13)19)14(20)21-2/h17-18H,3-9H2,1-2H3. The molecule has 0 aromatic carbocycles. The predicted octanol–water partition coefficient (Wildman–Crippen LogP) is 3.16. The lowest BCUT2D eigenvalue weighted by Gasteiger charge is -2.34. The summed E-state index contributed by atoms with van der Waals surface area (Å²) in [6.45, 7) is 1.90. The molecule has 1 aliphatic carbocycles. The molecule has 118 valence electrons. The minimum atomic E-state index is -1.05. The number of alkyl halides is 1. The van der Waals surface area contributed by atoms with E-state index in [2.05, 4.69) is 0 Å². The van der Waals surface area contributed by atoms with Gasteiger partial charge < -0.3 is 15.3 Å². The average molecular weight is 316 g/mol. The van der Waals surface area contributed by atoms with Crippen molar-refractivity contribution < 1.29 is 19.4 Å². The number of ketones is 1. The summed E-state index contributed by atoms with van der Waals surface area (Å²) in [4.78, 5) is 24.4. The Hall–Kier alpha value is -1.36. The molecule has 21 heavy (non-hydrogen) atoms. The Bertz CT molecular complexity index is 472. The molecule has 0 aliphatic heterocycles. The van der Waals surface area contributed by atoms with Gasteiger partial charge in [-0.1, -0.05) is 13.3 Å². The quantitative estimate of drug-likeness (QED) is 0.429. The van der Waals surface area contributed by atoms with Crippen molar-refractivity contribution in [2.75, 3.05) is 13.0 Å². The normalized spacial score (nSPS) is 22.3. The van der Waals surface area contributed by atoms with Crippen molar-refractivity contribution >= 4 is 29.1 Å². The number of rotatable bonds is 7. The Morgan fingerprint density at radius 3 is 2.62 bits per heavy atom. The van der Waals surface area contributed by atoms with Crippen molar-refractivity contribution in [2.24, 2.45) is 5.41 Å². The number of allylic oxidation sites excluding steroid dienone is 2. The second-order valence-corrected chi connectivity index (χ2v) is 5.77. The molecule has 0 fully saturated rings. The molecule has 0 aromatic rings. The van der Waals surface area contributed by atoms with E-state index in [1.165, 1.54) is 7.11 Å². The molecule has 0 bridgehead atoms. The van der Waals surface area contributed by atoms with Crippen molar-refractivity contribution in [1.29, 1.82) is 5.41 Å². The van der Waals surface area contributed by atoms with Crippen LogP contribution in [0.3, 0.4) is 0 Å². The molecule has 0 radical (unpaired) electrons. The topological polar surface area (TPSA) is 87.4 Å². The molecule has 0 spiro atoms. The first-order valence-corrected chi connectivity index (χ1v) is 7.62. The minimum absolute atomic E-state index is 0.0315. The molecule has 6 heteroatoms. The van der Waals surface area contributed by atoms with E-state index in [-0.39, 0.29) is 35.7 Å². The van der Waals surface area contributed by atoms with Crippen LogP contribution in [-0.4, -0.2) is 35.6 Å². The van der Waals surface area contributed by atoms with Crippen LogP contribution in [0.4, 0.5) is 0 Å². The van der Waals surface area contributed by atoms with Gasteiger partial charge in [-0.05, 0) is 19.3 Å². The van der Waals surface area contributed by atoms with Gasteiger partial charge in [-0.2, -0.15) is 0 Å². The highest BCUT2D eigenvalue weighted by atomic mass is 35.5. The lowest BCUT2D eigenvalue weighted by molar-refractivity contribution is -0.156. The summed E-state index contributed by atoms with van der Waals surface area (Å²) >= 11 is 5.68. The summed E-state index contributed by atoms with van der Waals surface area (Å²) in [7, 11) is 1.27. The summed E-state index contributed by atoms with van der Waals surface area (Å²) in [6, 6.07) is 0. The number of carbonyl (C=O) groups excluding carboxylic acids is 2. The lowest BCUT2D eigenvalue weighted by atomic mass is 9.70. The molecule has 0 heterocycles. The largest absolute Gasteiger partial charge is 0.511 e. The number of ether oxygens (including phenoxy) is 1. The number of aliphatic hydroxyl groups is 1. The number of nitrogens with one attached hydrogen (secondary N) is 1. The van der Waals surface area contributed by atoms with Crippen LogP contribution in [0, 0.1) is 10.8 Å². The molecule has 0 amide bonds. The van der Waals surface area contributed by atoms with Crippen LogP contribution in [0.1, 0.15) is 45.4 Å². The second-order valence-electron chi connectivity index (χ2n) is 5.39. The fourth-order valence-corrected chi connectivity index (χ4v) is 2.92. The number of hydrogen-bond donors (Lipinski definition) is 2. The highest BCUT2D eigenvalue weighted by Gasteiger charge is 2.46. The van der Waals surface area contributed by atoms with E-state index in [1.54, 1.807) is 0 Å². The number of Topliss-reactive ketones (excluding diaryl/α,β-unsaturated/α-hetero) is 1. The smallest absolute Gasteiger partial charge is 0.312 e. The third-order valence-electron chi connectivity index (χ3n) is 3.78. The van der Waals surface area contributed by atoms with Gasteiger partial charge in [0.15, 0.2) is 5.78 Å². The number of carbonyl (C=O) groups is 2. The zero-order chi connectivity index (χ0) is 16.0. The van der Waals surface area contributed by atoms with E-state index in [1.807, 2.05) is 6.92 Å². The van der Waals surface area contributed by atoms with Crippen LogP contribution in [0.25, 0.3) is 0 Å². The summed E-state index contributed by atoms with van der Waals surface area (Å²) in [6.07, 6.45) is 2.08. The van der Waals surface area contributed by atoms with Gasteiger partial charge in [0, 0.05) is 24.4 Å². The Morgan fingerprint density at radius 1 is 1.48 bits per heavy atom. The number of halogens is 1. The first-order chi connectivity index (χ1) is 9.91. The van der Waals surface area contributed by atoms with Crippen molar-refractivity contribution in [1.82, 2.24) is 0 Å². The Balaban J connectivity index is 3.12. The monoisotopic (exact) mass is 315 g/mol. The van der Waals surface area contributed by atoms with Crippen LogP contribution in [-0.2, 0) is 14.3 Å². The van der Waals surface area contributed by atoms with Gasteiger partial charge in [0.1, 0.15) is 5.76 Å². The summed E-state index contributed by atoms with van der Waals surface area (Å²) in [5, 5.41) is 18.1. The van der Waals surface area contributed by atoms with Crippen LogP contribution in [0.2, 0.25) is 0 Å². The van der Waals surface area contributed by atoms with E-state index in [4.69, 9.17) is 21.7 Å².